The molecule has 0 N–H and O–H groups in total. The van der Waals surface area contributed by atoms with E-state index in [1.807, 2.05) is 36.1 Å². The molecule has 0 unspecified atom stereocenters. The van der Waals surface area contributed by atoms with Crippen molar-refractivity contribution in [1.82, 2.24) is 14.5 Å². The highest BCUT2D eigenvalue weighted by Crippen LogP contribution is 2.18. The first-order valence-corrected chi connectivity index (χ1v) is 9.32. The molecule has 1 aromatic heterocycles. The van der Waals surface area contributed by atoms with Crippen molar-refractivity contribution in [3.05, 3.63) is 60.2 Å². The number of para-hydroxylation sites is 2. The third-order valence-corrected chi connectivity index (χ3v) is 5.22. The van der Waals surface area contributed by atoms with E-state index in [9.17, 15) is 9.18 Å². The molecule has 0 bridgehead atoms. The number of halogens is 1. The maximum Gasteiger partial charge on any atom is 0.224 e. The number of rotatable bonds is 4. The van der Waals surface area contributed by atoms with Gasteiger partial charge >= 0.3 is 0 Å². The van der Waals surface area contributed by atoms with Gasteiger partial charge < -0.3 is 14.4 Å². The monoisotopic (exact) mass is 366 g/mol. The fourth-order valence-electron chi connectivity index (χ4n) is 3.71. The highest BCUT2D eigenvalue weighted by atomic mass is 19.1. The number of nitrogens with zero attached hydrogens (tertiary/aromatic N) is 4. The average Bonchev–Trinajstić information content (AvgIpc) is 3.02. The summed E-state index contributed by atoms with van der Waals surface area (Å²) in [7, 11) is 0. The summed E-state index contributed by atoms with van der Waals surface area (Å²) >= 11 is 0. The topological polar surface area (TPSA) is 41.4 Å². The smallest absolute Gasteiger partial charge is 0.224 e. The molecule has 0 aliphatic carbocycles. The van der Waals surface area contributed by atoms with Gasteiger partial charge in [-0.05, 0) is 43.3 Å². The molecule has 5 nitrogen and oxygen atoms in total. The Bertz CT molecular complexity index is 942. The number of hydrogen-bond acceptors (Lipinski definition) is 3. The van der Waals surface area contributed by atoms with Crippen LogP contribution in [0.4, 0.5) is 10.1 Å². The van der Waals surface area contributed by atoms with Crippen molar-refractivity contribution < 1.29 is 9.18 Å². The lowest BCUT2D eigenvalue weighted by molar-refractivity contribution is -0.131. The second-order valence-electron chi connectivity index (χ2n) is 6.89. The molecule has 1 fully saturated rings. The molecule has 1 saturated heterocycles. The molecule has 140 valence electrons. The van der Waals surface area contributed by atoms with Crippen LogP contribution in [0.3, 0.4) is 0 Å². The zero-order valence-electron chi connectivity index (χ0n) is 15.4. The number of carbonyl (C=O) groups is 1. The van der Waals surface area contributed by atoms with Gasteiger partial charge in [-0.3, -0.25) is 4.79 Å². The summed E-state index contributed by atoms with van der Waals surface area (Å²) in [5.41, 5.74) is 3.04. The van der Waals surface area contributed by atoms with Gasteiger partial charge in [0.1, 0.15) is 11.6 Å². The number of anilines is 1. The van der Waals surface area contributed by atoms with E-state index in [0.29, 0.717) is 26.1 Å². The van der Waals surface area contributed by atoms with Crippen molar-refractivity contribution in [2.45, 2.75) is 19.9 Å². The number of benzene rings is 2. The first-order valence-electron chi connectivity index (χ1n) is 9.32. The van der Waals surface area contributed by atoms with Gasteiger partial charge in [-0.25, -0.2) is 9.37 Å². The molecule has 4 rings (SSSR count). The molecule has 6 heteroatoms. The molecule has 0 spiro atoms. The summed E-state index contributed by atoms with van der Waals surface area (Å²) in [4.78, 5) is 21.3. The van der Waals surface area contributed by atoms with Gasteiger partial charge in [0.2, 0.25) is 5.91 Å². The van der Waals surface area contributed by atoms with E-state index < -0.39 is 0 Å². The molecule has 0 saturated carbocycles. The van der Waals surface area contributed by atoms with Gasteiger partial charge in [0.05, 0.1) is 11.0 Å². The SMILES string of the molecule is Cc1nc2ccccc2n1CCC(=O)N1CCN(c2ccc(F)cc2)CC1. The van der Waals surface area contributed by atoms with Crippen molar-refractivity contribution in [3.63, 3.8) is 0 Å². The van der Waals surface area contributed by atoms with Crippen LogP contribution in [0.2, 0.25) is 0 Å². The Balaban J connectivity index is 1.34. The van der Waals surface area contributed by atoms with Gasteiger partial charge in [-0.2, -0.15) is 0 Å². The predicted molar refractivity (Wildman–Crippen MR) is 104 cm³/mol. The van der Waals surface area contributed by atoms with Gasteiger partial charge in [0.15, 0.2) is 0 Å². The lowest BCUT2D eigenvalue weighted by atomic mass is 10.2. The fraction of sp³-hybridized carbons (Fsp3) is 0.333. The van der Waals surface area contributed by atoms with Gasteiger partial charge in [0, 0.05) is 44.8 Å². The van der Waals surface area contributed by atoms with Crippen molar-refractivity contribution in [1.29, 1.82) is 0 Å². The second kappa shape index (κ2) is 7.39. The minimum atomic E-state index is -0.227. The number of amides is 1. The zero-order valence-corrected chi connectivity index (χ0v) is 15.4. The van der Waals surface area contributed by atoms with Crippen molar-refractivity contribution >= 4 is 22.6 Å². The van der Waals surface area contributed by atoms with E-state index in [1.54, 1.807) is 12.1 Å². The van der Waals surface area contributed by atoms with Crippen LogP contribution < -0.4 is 4.90 Å². The number of aryl methyl sites for hydroxylation is 2. The molecule has 1 amide bonds. The third kappa shape index (κ3) is 3.65. The Kier molecular flexibility index (Phi) is 4.79. The Labute approximate surface area is 158 Å². The Hall–Kier alpha value is -2.89. The number of piperazine rings is 1. The highest BCUT2D eigenvalue weighted by molar-refractivity contribution is 5.78. The number of hydrogen-bond donors (Lipinski definition) is 0. The van der Waals surface area contributed by atoms with E-state index in [0.717, 1.165) is 35.6 Å². The van der Waals surface area contributed by atoms with E-state index >= 15 is 0 Å². The van der Waals surface area contributed by atoms with E-state index in [4.69, 9.17) is 0 Å². The minimum Gasteiger partial charge on any atom is -0.368 e. The van der Waals surface area contributed by atoms with Crippen LogP contribution in [0, 0.1) is 12.7 Å². The maximum absolute atomic E-state index is 13.1. The summed E-state index contributed by atoms with van der Waals surface area (Å²) in [6.07, 6.45) is 0.470. The van der Waals surface area contributed by atoms with Crippen LogP contribution in [0.5, 0.6) is 0 Å². The van der Waals surface area contributed by atoms with Gasteiger partial charge in [0.25, 0.3) is 0 Å². The van der Waals surface area contributed by atoms with Crippen LogP contribution >= 0.6 is 0 Å². The first kappa shape index (κ1) is 17.5. The highest BCUT2D eigenvalue weighted by Gasteiger charge is 2.21. The second-order valence-corrected chi connectivity index (χ2v) is 6.89. The maximum atomic E-state index is 13.1. The van der Waals surface area contributed by atoms with Crippen LogP contribution in [-0.2, 0) is 11.3 Å². The normalized spacial score (nSPS) is 14.7. The lowest BCUT2D eigenvalue weighted by Crippen LogP contribution is -2.49. The Morgan fingerprint density at radius 1 is 1.04 bits per heavy atom. The summed E-state index contributed by atoms with van der Waals surface area (Å²) in [6, 6.07) is 14.5. The van der Waals surface area contributed by atoms with Crippen molar-refractivity contribution in [2.24, 2.45) is 0 Å². The van der Waals surface area contributed by atoms with Crippen LogP contribution in [0.25, 0.3) is 11.0 Å². The van der Waals surface area contributed by atoms with Crippen molar-refractivity contribution in [3.8, 4) is 0 Å². The van der Waals surface area contributed by atoms with Crippen molar-refractivity contribution in [2.75, 3.05) is 31.1 Å². The molecule has 1 aliphatic heterocycles. The number of fused-ring (bicyclic) bond motifs is 1. The van der Waals surface area contributed by atoms with Gasteiger partial charge in [-0.15, -0.1) is 0 Å². The van der Waals surface area contributed by atoms with Crippen LogP contribution in [-0.4, -0.2) is 46.5 Å². The van der Waals surface area contributed by atoms with Crippen LogP contribution in [0.15, 0.2) is 48.5 Å². The third-order valence-electron chi connectivity index (χ3n) is 5.22. The first-order chi connectivity index (χ1) is 13.1. The summed E-state index contributed by atoms with van der Waals surface area (Å²) in [5.74, 6) is 0.881. The minimum absolute atomic E-state index is 0.172. The Morgan fingerprint density at radius 3 is 2.48 bits per heavy atom. The molecule has 3 aromatic rings. The predicted octanol–water partition coefficient (Wildman–Crippen LogP) is 3.22. The largest absolute Gasteiger partial charge is 0.368 e. The summed E-state index contributed by atoms with van der Waals surface area (Å²) in [5, 5.41) is 0. The number of carbonyl (C=O) groups excluding carboxylic acids is 1. The average molecular weight is 366 g/mol. The molecule has 27 heavy (non-hydrogen) atoms. The van der Waals surface area contributed by atoms with Crippen LogP contribution in [0.1, 0.15) is 12.2 Å². The molecule has 2 aromatic carbocycles. The zero-order chi connectivity index (χ0) is 18.8. The van der Waals surface area contributed by atoms with E-state index in [1.165, 1.54) is 12.1 Å². The molecular formula is C21H23FN4O. The van der Waals surface area contributed by atoms with Gasteiger partial charge in [-0.1, -0.05) is 12.1 Å². The molecule has 2 heterocycles. The molecule has 0 radical (unpaired) electrons. The standard InChI is InChI=1S/C21H23FN4O/c1-16-23-19-4-2-3-5-20(19)26(16)11-10-21(27)25-14-12-24(13-15-25)18-8-6-17(22)7-9-18/h2-9H,10-15H2,1H3. The molecule has 0 atom stereocenters. The molecule has 1 aliphatic rings. The number of aromatic nitrogens is 2. The molecular weight excluding hydrogens is 343 g/mol. The fourth-order valence-corrected chi connectivity index (χ4v) is 3.71. The lowest BCUT2D eigenvalue weighted by Gasteiger charge is -2.36. The summed E-state index contributed by atoms with van der Waals surface area (Å²) in [6.45, 7) is 5.55. The number of imidazole rings is 1. The van der Waals surface area contributed by atoms with E-state index in [2.05, 4.69) is 14.5 Å². The summed E-state index contributed by atoms with van der Waals surface area (Å²) < 4.78 is 15.2. The quantitative estimate of drug-likeness (QED) is 0.712. The Morgan fingerprint density at radius 2 is 1.74 bits per heavy atom. The van der Waals surface area contributed by atoms with E-state index in [-0.39, 0.29) is 11.7 Å².